The van der Waals surface area contributed by atoms with Crippen molar-refractivity contribution in [2.75, 3.05) is 13.6 Å². The van der Waals surface area contributed by atoms with E-state index in [9.17, 15) is 9.90 Å². The maximum Gasteiger partial charge on any atom is 0.236 e. The highest BCUT2D eigenvalue weighted by Crippen LogP contribution is 2.35. The van der Waals surface area contributed by atoms with Crippen LogP contribution in [0.4, 0.5) is 0 Å². The Labute approximate surface area is 110 Å². The molecule has 4 heteroatoms. The van der Waals surface area contributed by atoms with Gasteiger partial charge in [0.1, 0.15) is 0 Å². The van der Waals surface area contributed by atoms with Gasteiger partial charge in [-0.25, -0.2) is 0 Å². The van der Waals surface area contributed by atoms with Crippen LogP contribution >= 0.6 is 0 Å². The number of carbonyl (C=O) groups excluding carboxylic acids is 1. The van der Waals surface area contributed by atoms with E-state index in [-0.39, 0.29) is 18.1 Å². The van der Waals surface area contributed by atoms with Gasteiger partial charge in [0.15, 0.2) is 0 Å². The molecule has 18 heavy (non-hydrogen) atoms. The smallest absolute Gasteiger partial charge is 0.236 e. The predicted octanol–water partition coefficient (Wildman–Crippen LogP) is 1.14. The van der Waals surface area contributed by atoms with Crippen LogP contribution in [0, 0.1) is 5.92 Å². The van der Waals surface area contributed by atoms with Crippen molar-refractivity contribution in [3.63, 3.8) is 0 Å². The Morgan fingerprint density at radius 3 is 2.67 bits per heavy atom. The Hall–Kier alpha value is -0.610. The third-order valence-corrected chi connectivity index (χ3v) is 4.74. The molecule has 2 fully saturated rings. The number of nitrogens with one attached hydrogen (secondary N) is 1. The van der Waals surface area contributed by atoms with E-state index < -0.39 is 0 Å². The number of aliphatic hydroxyl groups excluding tert-OH is 1. The van der Waals surface area contributed by atoms with Crippen LogP contribution in [0.2, 0.25) is 0 Å². The number of amides is 1. The monoisotopic (exact) mass is 254 g/mol. The second-order valence-corrected chi connectivity index (χ2v) is 5.75. The maximum atomic E-state index is 11.8. The van der Waals surface area contributed by atoms with Gasteiger partial charge >= 0.3 is 0 Å². The van der Waals surface area contributed by atoms with Crippen molar-refractivity contribution in [2.24, 2.45) is 5.92 Å². The Balaban J connectivity index is 2.07. The number of hydrogen-bond acceptors (Lipinski definition) is 3. The van der Waals surface area contributed by atoms with Crippen LogP contribution in [0.5, 0.6) is 0 Å². The summed E-state index contributed by atoms with van der Waals surface area (Å²) in [6.45, 7) is 2.97. The Bertz CT molecular complexity index is 296. The number of carbonyl (C=O) groups is 1. The van der Waals surface area contributed by atoms with E-state index in [0.29, 0.717) is 12.0 Å². The van der Waals surface area contributed by atoms with Crippen molar-refractivity contribution in [3.05, 3.63) is 0 Å². The van der Waals surface area contributed by atoms with Gasteiger partial charge in [-0.1, -0.05) is 12.8 Å². The molecule has 0 aromatic rings. The quantitative estimate of drug-likeness (QED) is 0.794. The molecule has 4 atom stereocenters. The van der Waals surface area contributed by atoms with E-state index in [2.05, 4.69) is 10.2 Å². The van der Waals surface area contributed by atoms with E-state index >= 15 is 0 Å². The lowest BCUT2D eigenvalue weighted by Gasteiger charge is -2.43. The van der Waals surface area contributed by atoms with Crippen molar-refractivity contribution in [2.45, 2.75) is 63.6 Å². The summed E-state index contributed by atoms with van der Waals surface area (Å²) < 4.78 is 0. The first-order valence-electron chi connectivity index (χ1n) is 7.30. The Kier molecular flexibility index (Phi) is 4.62. The molecule has 104 valence electrons. The molecular weight excluding hydrogens is 228 g/mol. The molecular formula is C14H26N2O2. The van der Waals surface area contributed by atoms with Crippen molar-refractivity contribution in [1.29, 1.82) is 0 Å². The van der Waals surface area contributed by atoms with Crippen LogP contribution in [-0.4, -0.2) is 47.7 Å². The predicted molar refractivity (Wildman–Crippen MR) is 71.2 cm³/mol. The summed E-state index contributed by atoms with van der Waals surface area (Å²) in [5.41, 5.74) is 0. The number of rotatable bonds is 3. The van der Waals surface area contributed by atoms with Crippen LogP contribution < -0.4 is 5.32 Å². The molecule has 1 aliphatic heterocycles. The van der Waals surface area contributed by atoms with Gasteiger partial charge in [-0.15, -0.1) is 0 Å². The van der Waals surface area contributed by atoms with E-state index in [1.807, 2.05) is 6.92 Å². The fourth-order valence-electron chi connectivity index (χ4n) is 3.70. The largest absolute Gasteiger partial charge is 0.393 e. The Morgan fingerprint density at radius 1 is 1.28 bits per heavy atom. The third-order valence-electron chi connectivity index (χ3n) is 4.74. The SMILES string of the molecule is CNC(=O)C(C)N1CCCCC1C1CCCC1O. The lowest BCUT2D eigenvalue weighted by molar-refractivity contribution is -0.128. The first-order valence-corrected chi connectivity index (χ1v) is 7.30. The maximum absolute atomic E-state index is 11.8. The molecule has 0 aromatic carbocycles. The number of likely N-dealkylation sites (N-methyl/N-ethyl adjacent to an activating group) is 1. The summed E-state index contributed by atoms with van der Waals surface area (Å²) in [5, 5.41) is 12.9. The molecule has 0 spiro atoms. The molecule has 2 aliphatic rings. The molecule has 0 aromatic heterocycles. The topological polar surface area (TPSA) is 52.6 Å². The second-order valence-electron chi connectivity index (χ2n) is 5.75. The molecule has 1 saturated heterocycles. The van der Waals surface area contributed by atoms with E-state index in [0.717, 1.165) is 32.2 Å². The molecule has 2 N–H and O–H groups in total. The van der Waals surface area contributed by atoms with Gasteiger partial charge in [0.2, 0.25) is 5.91 Å². The minimum Gasteiger partial charge on any atom is -0.393 e. The van der Waals surface area contributed by atoms with Gasteiger partial charge in [-0.3, -0.25) is 9.69 Å². The van der Waals surface area contributed by atoms with Crippen LogP contribution in [-0.2, 0) is 4.79 Å². The molecule has 0 radical (unpaired) electrons. The number of nitrogens with zero attached hydrogens (tertiary/aromatic N) is 1. The molecule has 4 nitrogen and oxygen atoms in total. The zero-order valence-electron chi connectivity index (χ0n) is 11.6. The Morgan fingerprint density at radius 2 is 2.06 bits per heavy atom. The third kappa shape index (κ3) is 2.69. The van der Waals surface area contributed by atoms with Crippen molar-refractivity contribution >= 4 is 5.91 Å². The van der Waals surface area contributed by atoms with Crippen molar-refractivity contribution in [1.82, 2.24) is 10.2 Å². The van der Waals surface area contributed by atoms with E-state index in [4.69, 9.17) is 0 Å². The fourth-order valence-corrected chi connectivity index (χ4v) is 3.70. The zero-order valence-corrected chi connectivity index (χ0v) is 11.6. The van der Waals surface area contributed by atoms with Gasteiger partial charge in [0.05, 0.1) is 12.1 Å². The lowest BCUT2D eigenvalue weighted by atomic mass is 9.86. The molecule has 1 aliphatic carbocycles. The fraction of sp³-hybridized carbons (Fsp3) is 0.929. The van der Waals surface area contributed by atoms with Crippen LogP contribution in [0.3, 0.4) is 0 Å². The minimum absolute atomic E-state index is 0.0758. The summed E-state index contributed by atoms with van der Waals surface area (Å²) in [4.78, 5) is 14.2. The summed E-state index contributed by atoms with van der Waals surface area (Å²) in [6, 6.07) is 0.316. The highest BCUT2D eigenvalue weighted by atomic mass is 16.3. The highest BCUT2D eigenvalue weighted by molar-refractivity contribution is 5.81. The number of likely N-dealkylation sites (tertiary alicyclic amines) is 1. The standard InChI is InChI=1S/C14H26N2O2/c1-10(14(18)15-2)16-9-4-3-7-12(16)11-6-5-8-13(11)17/h10-13,17H,3-9H2,1-2H3,(H,15,18). The average Bonchev–Trinajstić information content (AvgIpc) is 2.83. The normalized spacial score (nSPS) is 35.4. The molecule has 1 amide bonds. The summed E-state index contributed by atoms with van der Waals surface area (Å²) in [7, 11) is 1.70. The van der Waals surface area contributed by atoms with E-state index in [1.165, 1.54) is 12.8 Å². The first-order chi connectivity index (χ1) is 8.65. The van der Waals surface area contributed by atoms with Gasteiger partial charge in [0.25, 0.3) is 0 Å². The van der Waals surface area contributed by atoms with Crippen LogP contribution in [0.25, 0.3) is 0 Å². The highest BCUT2D eigenvalue weighted by Gasteiger charge is 2.39. The molecule has 1 saturated carbocycles. The molecule has 2 rings (SSSR count). The van der Waals surface area contributed by atoms with Crippen molar-refractivity contribution in [3.8, 4) is 0 Å². The second kappa shape index (κ2) is 6.02. The average molecular weight is 254 g/mol. The van der Waals surface area contributed by atoms with Gasteiger partial charge in [0, 0.05) is 19.0 Å². The van der Waals surface area contributed by atoms with Gasteiger partial charge < -0.3 is 10.4 Å². The van der Waals surface area contributed by atoms with Gasteiger partial charge in [-0.05, 0) is 39.2 Å². The van der Waals surface area contributed by atoms with Crippen molar-refractivity contribution < 1.29 is 9.90 Å². The molecule has 4 unspecified atom stereocenters. The zero-order chi connectivity index (χ0) is 13.1. The number of hydrogen-bond donors (Lipinski definition) is 2. The van der Waals surface area contributed by atoms with Gasteiger partial charge in [-0.2, -0.15) is 0 Å². The molecule has 1 heterocycles. The summed E-state index contributed by atoms with van der Waals surface area (Å²) in [5.74, 6) is 0.465. The molecule has 0 bridgehead atoms. The van der Waals surface area contributed by atoms with Crippen LogP contribution in [0.15, 0.2) is 0 Å². The minimum atomic E-state index is -0.160. The number of piperidine rings is 1. The summed E-state index contributed by atoms with van der Waals surface area (Å²) in [6.07, 6.45) is 6.54. The summed E-state index contributed by atoms with van der Waals surface area (Å²) >= 11 is 0. The first kappa shape index (κ1) is 13.8. The van der Waals surface area contributed by atoms with Crippen LogP contribution in [0.1, 0.15) is 45.4 Å². The van der Waals surface area contributed by atoms with E-state index in [1.54, 1.807) is 7.05 Å². The number of aliphatic hydroxyl groups is 1. The lowest BCUT2D eigenvalue weighted by Crippen LogP contribution is -2.54.